The predicted molar refractivity (Wildman–Crippen MR) is 61.6 cm³/mol. The van der Waals surface area contributed by atoms with Crippen molar-refractivity contribution in [1.29, 1.82) is 0 Å². The summed E-state index contributed by atoms with van der Waals surface area (Å²) in [4.78, 5) is 0. The van der Waals surface area contributed by atoms with Gasteiger partial charge in [-0.15, -0.1) is 0 Å². The lowest BCUT2D eigenvalue weighted by molar-refractivity contribution is 0.0144. The molecule has 0 aliphatic heterocycles. The van der Waals surface area contributed by atoms with Crippen molar-refractivity contribution < 1.29 is 9.47 Å². The average Bonchev–Trinajstić information content (AvgIpc) is 2.20. The number of nitrogen functional groups attached to an aromatic ring is 1. The molecule has 84 valence electrons. The molecule has 0 unspecified atom stereocenters. The van der Waals surface area contributed by atoms with E-state index < -0.39 is 0 Å². The maximum atomic E-state index is 5.77. The van der Waals surface area contributed by atoms with E-state index in [1.807, 2.05) is 38.1 Å². The first-order chi connectivity index (χ1) is 7.20. The van der Waals surface area contributed by atoms with Crippen LogP contribution in [0, 0.1) is 0 Å². The lowest BCUT2D eigenvalue weighted by Crippen LogP contribution is -2.09. The highest BCUT2D eigenvalue weighted by atomic mass is 16.5. The van der Waals surface area contributed by atoms with E-state index in [-0.39, 0.29) is 6.10 Å². The van der Waals surface area contributed by atoms with Crippen LogP contribution in [-0.2, 0) is 16.1 Å². The Morgan fingerprint density at radius 2 is 1.93 bits per heavy atom. The van der Waals surface area contributed by atoms with Gasteiger partial charge in [0, 0.05) is 11.3 Å². The van der Waals surface area contributed by atoms with Gasteiger partial charge in [0.1, 0.15) is 0 Å². The van der Waals surface area contributed by atoms with Crippen LogP contribution < -0.4 is 5.73 Å². The van der Waals surface area contributed by atoms with Crippen molar-refractivity contribution in [3.05, 3.63) is 29.8 Å². The zero-order valence-electron chi connectivity index (χ0n) is 9.40. The average molecular weight is 209 g/mol. The molecule has 1 aromatic rings. The Morgan fingerprint density at radius 1 is 1.20 bits per heavy atom. The summed E-state index contributed by atoms with van der Waals surface area (Å²) in [5.74, 6) is 0. The summed E-state index contributed by atoms with van der Waals surface area (Å²) in [5.41, 5.74) is 7.58. The highest BCUT2D eigenvalue weighted by Crippen LogP contribution is 2.11. The van der Waals surface area contributed by atoms with Crippen molar-refractivity contribution >= 4 is 5.69 Å². The van der Waals surface area contributed by atoms with Gasteiger partial charge < -0.3 is 15.2 Å². The molecule has 0 bridgehead atoms. The van der Waals surface area contributed by atoms with Crippen molar-refractivity contribution in [2.75, 3.05) is 18.9 Å². The van der Waals surface area contributed by atoms with Gasteiger partial charge >= 0.3 is 0 Å². The third-order valence-corrected chi connectivity index (χ3v) is 1.99. The molecule has 3 nitrogen and oxygen atoms in total. The fourth-order valence-corrected chi connectivity index (χ4v) is 1.19. The number of nitrogens with two attached hydrogens (primary N) is 1. The van der Waals surface area contributed by atoms with Gasteiger partial charge in [-0.2, -0.15) is 0 Å². The first kappa shape index (κ1) is 12.0. The highest BCUT2D eigenvalue weighted by Gasteiger charge is 1.98. The van der Waals surface area contributed by atoms with E-state index in [1.54, 1.807) is 0 Å². The molecule has 1 rings (SSSR count). The van der Waals surface area contributed by atoms with Crippen molar-refractivity contribution in [3.63, 3.8) is 0 Å². The fraction of sp³-hybridized carbons (Fsp3) is 0.500. The van der Waals surface area contributed by atoms with Gasteiger partial charge in [0.2, 0.25) is 0 Å². The van der Waals surface area contributed by atoms with Gasteiger partial charge in [0.25, 0.3) is 0 Å². The number of ether oxygens (including phenoxy) is 2. The van der Waals surface area contributed by atoms with Crippen LogP contribution >= 0.6 is 0 Å². The van der Waals surface area contributed by atoms with E-state index in [4.69, 9.17) is 15.2 Å². The number of hydrogen-bond donors (Lipinski definition) is 1. The smallest absolute Gasteiger partial charge is 0.0738 e. The number of para-hydroxylation sites is 1. The van der Waals surface area contributed by atoms with E-state index in [0.717, 1.165) is 11.3 Å². The third kappa shape index (κ3) is 4.81. The molecule has 0 saturated carbocycles. The molecule has 0 saturated heterocycles. The van der Waals surface area contributed by atoms with E-state index in [1.165, 1.54) is 0 Å². The van der Waals surface area contributed by atoms with Gasteiger partial charge in [0.05, 0.1) is 25.9 Å². The second-order valence-electron chi connectivity index (χ2n) is 3.67. The van der Waals surface area contributed by atoms with Crippen LogP contribution in [0.2, 0.25) is 0 Å². The van der Waals surface area contributed by atoms with Crippen molar-refractivity contribution in [1.82, 2.24) is 0 Å². The van der Waals surface area contributed by atoms with Crippen molar-refractivity contribution in [2.24, 2.45) is 0 Å². The van der Waals surface area contributed by atoms with Crippen LogP contribution in [0.3, 0.4) is 0 Å². The molecule has 0 heterocycles. The molecule has 0 amide bonds. The third-order valence-electron chi connectivity index (χ3n) is 1.99. The number of benzene rings is 1. The largest absolute Gasteiger partial charge is 0.398 e. The summed E-state index contributed by atoms with van der Waals surface area (Å²) in [6.07, 6.45) is 0.260. The second-order valence-corrected chi connectivity index (χ2v) is 3.67. The van der Waals surface area contributed by atoms with Crippen molar-refractivity contribution in [3.8, 4) is 0 Å². The number of anilines is 1. The SMILES string of the molecule is CC(C)OCCOCc1ccccc1N. The molecule has 0 spiro atoms. The maximum Gasteiger partial charge on any atom is 0.0738 e. The van der Waals surface area contributed by atoms with Gasteiger partial charge in [-0.25, -0.2) is 0 Å². The number of hydrogen-bond acceptors (Lipinski definition) is 3. The fourth-order valence-electron chi connectivity index (χ4n) is 1.19. The zero-order chi connectivity index (χ0) is 11.1. The summed E-state index contributed by atoms with van der Waals surface area (Å²) in [6, 6.07) is 7.72. The molecule has 3 heteroatoms. The van der Waals surface area contributed by atoms with Crippen LogP contribution in [0.1, 0.15) is 19.4 Å². The quantitative estimate of drug-likeness (QED) is 0.577. The Hall–Kier alpha value is -1.06. The maximum absolute atomic E-state index is 5.77. The molecule has 2 N–H and O–H groups in total. The summed E-state index contributed by atoms with van der Waals surface area (Å²) in [5, 5.41) is 0. The van der Waals surface area contributed by atoms with Gasteiger partial charge in [-0.3, -0.25) is 0 Å². The lowest BCUT2D eigenvalue weighted by atomic mass is 10.2. The van der Waals surface area contributed by atoms with Crippen LogP contribution in [0.25, 0.3) is 0 Å². The molecular formula is C12H19NO2. The highest BCUT2D eigenvalue weighted by molar-refractivity contribution is 5.45. The standard InChI is InChI=1S/C12H19NO2/c1-10(2)15-8-7-14-9-11-5-3-4-6-12(11)13/h3-6,10H,7-9,13H2,1-2H3. The van der Waals surface area contributed by atoms with Crippen molar-refractivity contribution in [2.45, 2.75) is 26.6 Å². The Morgan fingerprint density at radius 3 is 2.60 bits per heavy atom. The second kappa shape index (κ2) is 6.43. The van der Waals surface area contributed by atoms with Crippen LogP contribution in [0.5, 0.6) is 0 Å². The summed E-state index contributed by atoms with van der Waals surface area (Å²) >= 11 is 0. The van der Waals surface area contributed by atoms with E-state index in [2.05, 4.69) is 0 Å². The van der Waals surface area contributed by atoms with Gasteiger partial charge in [-0.05, 0) is 19.9 Å². The van der Waals surface area contributed by atoms with E-state index in [9.17, 15) is 0 Å². The summed E-state index contributed by atoms with van der Waals surface area (Å²) < 4.78 is 10.8. The molecule has 0 aliphatic rings. The first-order valence-electron chi connectivity index (χ1n) is 5.23. The molecule has 0 fully saturated rings. The van der Waals surface area contributed by atoms with Crippen LogP contribution in [0.4, 0.5) is 5.69 Å². The molecular weight excluding hydrogens is 190 g/mol. The first-order valence-corrected chi connectivity index (χ1v) is 5.23. The normalized spacial score (nSPS) is 10.9. The molecule has 1 aromatic carbocycles. The topological polar surface area (TPSA) is 44.5 Å². The Labute approximate surface area is 91.2 Å². The van der Waals surface area contributed by atoms with E-state index >= 15 is 0 Å². The number of rotatable bonds is 6. The van der Waals surface area contributed by atoms with Crippen LogP contribution in [0.15, 0.2) is 24.3 Å². The zero-order valence-corrected chi connectivity index (χ0v) is 9.40. The monoisotopic (exact) mass is 209 g/mol. The minimum absolute atomic E-state index is 0.260. The molecule has 0 atom stereocenters. The minimum atomic E-state index is 0.260. The molecule has 0 aliphatic carbocycles. The van der Waals surface area contributed by atoms with E-state index in [0.29, 0.717) is 19.8 Å². The Balaban J connectivity index is 2.18. The van der Waals surface area contributed by atoms with Crippen LogP contribution in [-0.4, -0.2) is 19.3 Å². The molecule has 15 heavy (non-hydrogen) atoms. The predicted octanol–water partition coefficient (Wildman–Crippen LogP) is 2.21. The Kier molecular flexibility index (Phi) is 5.15. The van der Waals surface area contributed by atoms with Gasteiger partial charge in [-0.1, -0.05) is 18.2 Å². The molecule has 0 aromatic heterocycles. The Bertz CT molecular complexity index is 287. The lowest BCUT2D eigenvalue weighted by Gasteiger charge is -2.09. The van der Waals surface area contributed by atoms with Gasteiger partial charge in [0.15, 0.2) is 0 Å². The summed E-state index contributed by atoms with van der Waals surface area (Å²) in [6.45, 7) is 5.80. The molecule has 0 radical (unpaired) electrons. The summed E-state index contributed by atoms with van der Waals surface area (Å²) in [7, 11) is 0. The minimum Gasteiger partial charge on any atom is -0.398 e.